The van der Waals surface area contributed by atoms with Crippen molar-refractivity contribution in [1.29, 1.82) is 0 Å². The quantitative estimate of drug-likeness (QED) is 0.715. The average molecular weight is 330 g/mol. The van der Waals surface area contributed by atoms with E-state index in [1.165, 1.54) is 0 Å². The third-order valence-electron chi connectivity index (χ3n) is 3.21. The number of nitrogens with zero attached hydrogens (tertiary/aromatic N) is 1. The van der Waals surface area contributed by atoms with Gasteiger partial charge in [0.15, 0.2) is 11.5 Å². The van der Waals surface area contributed by atoms with Crippen molar-refractivity contribution in [2.45, 2.75) is 13.5 Å². The number of carbonyl (C=O) groups is 1. The minimum Gasteiger partial charge on any atom is -0.490 e. The molecule has 0 spiro atoms. The van der Waals surface area contributed by atoms with Crippen LogP contribution in [0.2, 0.25) is 0 Å². The van der Waals surface area contributed by atoms with Gasteiger partial charge in [0, 0.05) is 37.2 Å². The number of aromatic nitrogens is 1. The lowest BCUT2D eigenvalue weighted by Gasteiger charge is -2.13. The van der Waals surface area contributed by atoms with Crippen molar-refractivity contribution in [3.8, 4) is 11.5 Å². The normalized spacial score (nSPS) is 10.2. The zero-order chi connectivity index (χ0) is 17.2. The number of carbonyl (C=O) groups excluding carboxylic acids is 1. The Balaban J connectivity index is 2.06. The van der Waals surface area contributed by atoms with Crippen molar-refractivity contribution in [2.75, 3.05) is 26.9 Å². The number of ether oxygens (including phenoxy) is 3. The largest absolute Gasteiger partial charge is 0.490 e. The van der Waals surface area contributed by atoms with Gasteiger partial charge in [0.25, 0.3) is 5.91 Å². The van der Waals surface area contributed by atoms with E-state index in [1.54, 1.807) is 37.7 Å². The highest BCUT2D eigenvalue weighted by Gasteiger charge is 2.11. The summed E-state index contributed by atoms with van der Waals surface area (Å²) in [4.78, 5) is 16.1. The Morgan fingerprint density at radius 1 is 1.21 bits per heavy atom. The molecule has 6 nitrogen and oxygen atoms in total. The third-order valence-corrected chi connectivity index (χ3v) is 3.21. The fourth-order valence-electron chi connectivity index (χ4n) is 2.05. The van der Waals surface area contributed by atoms with Gasteiger partial charge in [-0.1, -0.05) is 6.07 Å². The summed E-state index contributed by atoms with van der Waals surface area (Å²) in [7, 11) is 1.59. The minimum absolute atomic E-state index is 0.174. The van der Waals surface area contributed by atoms with E-state index in [9.17, 15) is 4.79 Å². The maximum Gasteiger partial charge on any atom is 0.251 e. The molecule has 1 heterocycles. The van der Waals surface area contributed by atoms with Gasteiger partial charge in [-0.25, -0.2) is 0 Å². The number of hydrogen-bond acceptors (Lipinski definition) is 5. The predicted octanol–water partition coefficient (Wildman–Crippen LogP) is 2.44. The highest BCUT2D eigenvalue weighted by Crippen LogP contribution is 2.29. The van der Waals surface area contributed by atoms with Crippen LogP contribution in [-0.2, 0) is 11.3 Å². The second kappa shape index (κ2) is 9.52. The van der Waals surface area contributed by atoms with Crippen molar-refractivity contribution in [3.63, 3.8) is 0 Å². The monoisotopic (exact) mass is 330 g/mol. The lowest BCUT2D eigenvalue weighted by Crippen LogP contribution is -2.26. The number of benzene rings is 1. The molecule has 0 aliphatic rings. The number of hydrogen-bond donors (Lipinski definition) is 1. The van der Waals surface area contributed by atoms with Gasteiger partial charge in [0.2, 0.25) is 0 Å². The zero-order valence-electron chi connectivity index (χ0n) is 14.0. The van der Waals surface area contributed by atoms with Crippen molar-refractivity contribution in [2.24, 2.45) is 0 Å². The van der Waals surface area contributed by atoms with E-state index in [0.29, 0.717) is 43.4 Å². The Bertz CT molecular complexity index is 647. The fourth-order valence-corrected chi connectivity index (χ4v) is 2.05. The van der Waals surface area contributed by atoms with Gasteiger partial charge in [-0.2, -0.15) is 0 Å². The van der Waals surface area contributed by atoms with Crippen LogP contribution in [0.1, 0.15) is 22.8 Å². The summed E-state index contributed by atoms with van der Waals surface area (Å²) in [5.41, 5.74) is 1.48. The van der Waals surface area contributed by atoms with Crippen LogP contribution >= 0.6 is 0 Å². The average Bonchev–Trinajstić information content (AvgIpc) is 2.62. The van der Waals surface area contributed by atoms with E-state index in [1.807, 2.05) is 19.1 Å². The topological polar surface area (TPSA) is 69.7 Å². The van der Waals surface area contributed by atoms with Crippen LogP contribution < -0.4 is 14.8 Å². The Morgan fingerprint density at radius 2 is 2.08 bits per heavy atom. The second-order valence-corrected chi connectivity index (χ2v) is 4.99. The molecule has 0 aliphatic heterocycles. The van der Waals surface area contributed by atoms with Gasteiger partial charge in [-0.05, 0) is 31.2 Å². The summed E-state index contributed by atoms with van der Waals surface area (Å²) in [6.45, 7) is 3.68. The van der Waals surface area contributed by atoms with Gasteiger partial charge < -0.3 is 19.5 Å². The van der Waals surface area contributed by atoms with Gasteiger partial charge in [-0.15, -0.1) is 0 Å². The minimum atomic E-state index is -0.174. The summed E-state index contributed by atoms with van der Waals surface area (Å²) < 4.78 is 16.3. The molecular weight excluding hydrogens is 308 g/mol. The van der Waals surface area contributed by atoms with Crippen molar-refractivity contribution < 1.29 is 19.0 Å². The van der Waals surface area contributed by atoms with Gasteiger partial charge >= 0.3 is 0 Å². The van der Waals surface area contributed by atoms with Crippen LogP contribution in [0.15, 0.2) is 42.7 Å². The number of pyridine rings is 1. The van der Waals surface area contributed by atoms with Gasteiger partial charge in [0.1, 0.15) is 6.61 Å². The van der Waals surface area contributed by atoms with Crippen LogP contribution in [0.5, 0.6) is 11.5 Å². The molecule has 0 unspecified atom stereocenters. The van der Waals surface area contributed by atoms with Crippen LogP contribution in [-0.4, -0.2) is 37.8 Å². The van der Waals surface area contributed by atoms with Crippen LogP contribution in [0.4, 0.5) is 0 Å². The summed E-state index contributed by atoms with van der Waals surface area (Å²) in [6.07, 6.45) is 3.46. The Hall–Kier alpha value is -2.60. The number of methoxy groups -OCH3 is 1. The Morgan fingerprint density at radius 3 is 2.79 bits per heavy atom. The van der Waals surface area contributed by atoms with Crippen LogP contribution in [0.25, 0.3) is 0 Å². The summed E-state index contributed by atoms with van der Waals surface area (Å²) in [5, 5.41) is 2.78. The first-order valence-corrected chi connectivity index (χ1v) is 7.80. The van der Waals surface area contributed by atoms with Crippen molar-refractivity contribution in [1.82, 2.24) is 10.3 Å². The van der Waals surface area contributed by atoms with Gasteiger partial charge in [-0.3, -0.25) is 9.78 Å². The molecular formula is C18H22N2O4. The highest BCUT2D eigenvalue weighted by molar-refractivity contribution is 5.94. The third kappa shape index (κ3) is 5.24. The van der Waals surface area contributed by atoms with E-state index >= 15 is 0 Å². The molecule has 24 heavy (non-hydrogen) atoms. The lowest BCUT2D eigenvalue weighted by molar-refractivity contribution is 0.0936. The molecule has 128 valence electrons. The molecule has 6 heteroatoms. The van der Waals surface area contributed by atoms with Crippen LogP contribution in [0, 0.1) is 0 Å². The summed E-state index contributed by atoms with van der Waals surface area (Å²) in [6, 6.07) is 8.93. The second-order valence-electron chi connectivity index (χ2n) is 4.99. The van der Waals surface area contributed by atoms with E-state index in [2.05, 4.69) is 10.3 Å². The van der Waals surface area contributed by atoms with Crippen LogP contribution in [0.3, 0.4) is 0 Å². The number of nitrogens with one attached hydrogen (secondary N) is 1. The molecule has 2 rings (SSSR count). The van der Waals surface area contributed by atoms with E-state index in [4.69, 9.17) is 14.2 Å². The maximum absolute atomic E-state index is 12.1. The molecule has 1 N–H and O–H groups in total. The van der Waals surface area contributed by atoms with Crippen molar-refractivity contribution in [3.05, 3.63) is 53.9 Å². The van der Waals surface area contributed by atoms with Gasteiger partial charge in [0.05, 0.1) is 13.2 Å². The highest BCUT2D eigenvalue weighted by atomic mass is 16.5. The standard InChI is InChI=1S/C18H22N2O4/c1-3-23-17-11-15(18(21)20-9-10-22-2)6-7-16(17)24-13-14-5-4-8-19-12-14/h4-8,11-12H,3,9-10,13H2,1-2H3,(H,20,21). The molecule has 1 aromatic heterocycles. The zero-order valence-corrected chi connectivity index (χ0v) is 14.0. The van der Waals surface area contributed by atoms with E-state index in [-0.39, 0.29) is 5.91 Å². The Kier molecular flexibility index (Phi) is 7.04. The summed E-state index contributed by atoms with van der Waals surface area (Å²) >= 11 is 0. The SMILES string of the molecule is CCOc1cc(C(=O)NCCOC)ccc1OCc1cccnc1. The van der Waals surface area contributed by atoms with Crippen molar-refractivity contribution >= 4 is 5.91 Å². The first-order chi connectivity index (χ1) is 11.7. The summed E-state index contributed by atoms with van der Waals surface area (Å²) in [5.74, 6) is 0.960. The maximum atomic E-state index is 12.1. The smallest absolute Gasteiger partial charge is 0.251 e. The first-order valence-electron chi connectivity index (χ1n) is 7.80. The molecule has 0 saturated carbocycles. The molecule has 0 aliphatic carbocycles. The van der Waals surface area contributed by atoms with E-state index in [0.717, 1.165) is 5.56 Å². The fraction of sp³-hybridized carbons (Fsp3) is 0.333. The molecule has 0 bridgehead atoms. The predicted molar refractivity (Wildman–Crippen MR) is 90.4 cm³/mol. The molecule has 1 amide bonds. The molecule has 0 fully saturated rings. The first kappa shape index (κ1) is 17.7. The number of rotatable bonds is 9. The lowest BCUT2D eigenvalue weighted by atomic mass is 10.2. The molecule has 1 aromatic carbocycles. The Labute approximate surface area is 141 Å². The molecule has 2 aromatic rings. The molecule has 0 atom stereocenters. The molecule has 0 radical (unpaired) electrons. The number of amides is 1. The van der Waals surface area contributed by atoms with E-state index < -0.39 is 0 Å². The molecule has 0 saturated heterocycles.